The molecule has 8 heteroatoms. The molecule has 1 heterocycles. The molecule has 1 aromatic rings. The summed E-state index contributed by atoms with van der Waals surface area (Å²) in [4.78, 5) is 25.7. The zero-order valence-corrected chi connectivity index (χ0v) is 17.3. The lowest BCUT2D eigenvalue weighted by Gasteiger charge is -2.37. The maximum atomic E-state index is 12.7. The van der Waals surface area contributed by atoms with Crippen molar-refractivity contribution in [1.82, 2.24) is 10.2 Å². The maximum absolute atomic E-state index is 12.7. The Bertz CT molecular complexity index is 698. The summed E-state index contributed by atoms with van der Waals surface area (Å²) < 4.78 is 5.27. The second-order valence-corrected chi connectivity index (χ2v) is 7.83. The summed E-state index contributed by atoms with van der Waals surface area (Å²) >= 11 is 6.07. The molecule has 0 bridgehead atoms. The Morgan fingerprint density at radius 3 is 2.75 bits per heavy atom. The average molecular weight is 412 g/mol. The van der Waals surface area contributed by atoms with Gasteiger partial charge in [0.1, 0.15) is 5.75 Å². The fraction of sp³-hybridized carbons (Fsp3) is 0.600. The molecule has 2 atom stereocenters. The largest absolute Gasteiger partial charge is 0.496 e. The highest BCUT2D eigenvalue weighted by atomic mass is 35.5. The van der Waals surface area contributed by atoms with Gasteiger partial charge in [0.25, 0.3) is 5.91 Å². The Morgan fingerprint density at radius 2 is 2.11 bits per heavy atom. The lowest BCUT2D eigenvalue weighted by Crippen LogP contribution is -2.50. The number of hydrogen-bond acceptors (Lipinski definition) is 5. The van der Waals surface area contributed by atoms with Gasteiger partial charge in [0.05, 0.1) is 23.4 Å². The summed E-state index contributed by atoms with van der Waals surface area (Å²) in [7, 11) is 1.50. The number of carbonyl (C=O) groups excluding carboxylic acids is 1. The van der Waals surface area contributed by atoms with Gasteiger partial charge in [-0.05, 0) is 37.8 Å². The van der Waals surface area contributed by atoms with Gasteiger partial charge in [-0.3, -0.25) is 9.59 Å². The average Bonchev–Trinajstić information content (AvgIpc) is 2.65. The van der Waals surface area contributed by atoms with Crippen LogP contribution in [0.1, 0.15) is 49.4 Å². The Hall–Kier alpha value is -1.99. The number of carboxylic acid groups (broad SMARTS) is 1. The summed E-state index contributed by atoms with van der Waals surface area (Å²) in [6.45, 7) is 4.91. The van der Waals surface area contributed by atoms with E-state index in [2.05, 4.69) is 17.1 Å². The smallest absolute Gasteiger partial charge is 0.303 e. The highest BCUT2D eigenvalue weighted by Gasteiger charge is 2.28. The summed E-state index contributed by atoms with van der Waals surface area (Å²) in [5.74, 6) is -0.222. The Morgan fingerprint density at radius 1 is 1.36 bits per heavy atom. The number of nitrogens with zero attached hydrogens (tertiary/aromatic N) is 1. The summed E-state index contributed by atoms with van der Waals surface area (Å²) in [5.41, 5.74) is 6.54. The predicted molar refractivity (Wildman–Crippen MR) is 110 cm³/mol. The van der Waals surface area contributed by atoms with E-state index in [4.69, 9.17) is 27.2 Å². The van der Waals surface area contributed by atoms with Gasteiger partial charge < -0.3 is 25.8 Å². The molecule has 2 rings (SSSR count). The number of halogens is 1. The first kappa shape index (κ1) is 22.3. The van der Waals surface area contributed by atoms with Gasteiger partial charge in [0, 0.05) is 31.6 Å². The van der Waals surface area contributed by atoms with Crippen molar-refractivity contribution in [2.45, 2.75) is 45.1 Å². The van der Waals surface area contributed by atoms with E-state index in [1.54, 1.807) is 12.1 Å². The van der Waals surface area contributed by atoms with Gasteiger partial charge in [0.15, 0.2) is 0 Å². The minimum atomic E-state index is -0.732. The molecular formula is C20H30ClN3O4. The monoisotopic (exact) mass is 411 g/mol. The number of carboxylic acids is 1. The first-order valence-corrected chi connectivity index (χ1v) is 10.1. The van der Waals surface area contributed by atoms with Crippen molar-refractivity contribution in [3.63, 3.8) is 0 Å². The number of hydrogen-bond donors (Lipinski definition) is 3. The molecule has 0 saturated carbocycles. The van der Waals surface area contributed by atoms with Crippen LogP contribution in [0.5, 0.6) is 5.75 Å². The molecular weight excluding hydrogens is 382 g/mol. The third-order valence-corrected chi connectivity index (χ3v) is 5.56. The van der Waals surface area contributed by atoms with Crippen LogP contribution in [0.15, 0.2) is 12.1 Å². The molecule has 28 heavy (non-hydrogen) atoms. The topological polar surface area (TPSA) is 105 Å². The summed E-state index contributed by atoms with van der Waals surface area (Å²) in [6.07, 6.45) is 3.76. The number of nitrogens with one attached hydrogen (secondary N) is 1. The van der Waals surface area contributed by atoms with Gasteiger partial charge in [-0.25, -0.2) is 0 Å². The second kappa shape index (κ2) is 10.5. The zero-order valence-electron chi connectivity index (χ0n) is 16.5. The number of nitrogens with two attached hydrogens (primary N) is 1. The number of rotatable bonds is 9. The zero-order chi connectivity index (χ0) is 20.7. The third kappa shape index (κ3) is 6.27. The fourth-order valence-corrected chi connectivity index (χ4v) is 3.76. The van der Waals surface area contributed by atoms with Gasteiger partial charge in [-0.2, -0.15) is 0 Å². The number of piperidine rings is 1. The first-order chi connectivity index (χ1) is 13.3. The van der Waals surface area contributed by atoms with Crippen molar-refractivity contribution >= 4 is 29.2 Å². The van der Waals surface area contributed by atoms with Crippen molar-refractivity contribution in [3.8, 4) is 5.75 Å². The highest BCUT2D eigenvalue weighted by Crippen LogP contribution is 2.29. The molecule has 1 saturated heterocycles. The van der Waals surface area contributed by atoms with Crippen LogP contribution in [-0.4, -0.2) is 54.7 Å². The Kier molecular flexibility index (Phi) is 8.38. The van der Waals surface area contributed by atoms with E-state index in [1.807, 2.05) is 0 Å². The van der Waals surface area contributed by atoms with Crippen LogP contribution in [0.4, 0.5) is 5.69 Å². The van der Waals surface area contributed by atoms with Crippen molar-refractivity contribution in [2.75, 3.05) is 32.5 Å². The molecule has 1 aromatic carbocycles. The van der Waals surface area contributed by atoms with E-state index in [-0.39, 0.29) is 18.4 Å². The van der Waals surface area contributed by atoms with Crippen LogP contribution in [0, 0.1) is 5.92 Å². The number of unbranched alkanes of at least 4 members (excludes halogenated alkanes) is 2. The van der Waals surface area contributed by atoms with Gasteiger partial charge in [0.2, 0.25) is 0 Å². The molecule has 1 aliphatic heterocycles. The van der Waals surface area contributed by atoms with Gasteiger partial charge >= 0.3 is 5.97 Å². The van der Waals surface area contributed by atoms with Crippen molar-refractivity contribution in [2.24, 2.45) is 5.92 Å². The van der Waals surface area contributed by atoms with E-state index in [1.165, 1.54) is 7.11 Å². The Balaban J connectivity index is 1.84. The molecule has 1 amide bonds. The first-order valence-electron chi connectivity index (χ1n) is 9.69. The number of methoxy groups -OCH3 is 1. The van der Waals surface area contributed by atoms with E-state index in [0.717, 1.165) is 45.3 Å². The molecule has 0 aromatic heterocycles. The van der Waals surface area contributed by atoms with E-state index < -0.39 is 5.97 Å². The molecule has 4 N–H and O–H groups in total. The maximum Gasteiger partial charge on any atom is 0.303 e. The molecule has 2 unspecified atom stereocenters. The molecule has 0 spiro atoms. The number of anilines is 1. The fourth-order valence-electron chi connectivity index (χ4n) is 3.60. The van der Waals surface area contributed by atoms with E-state index >= 15 is 0 Å². The summed E-state index contributed by atoms with van der Waals surface area (Å²) in [6, 6.07) is 3.19. The molecule has 7 nitrogen and oxygen atoms in total. The summed E-state index contributed by atoms with van der Waals surface area (Å²) in [5, 5.41) is 12.1. The Labute approximate surface area is 171 Å². The van der Waals surface area contributed by atoms with Crippen LogP contribution in [0.25, 0.3) is 0 Å². The van der Waals surface area contributed by atoms with Crippen LogP contribution in [-0.2, 0) is 4.79 Å². The van der Waals surface area contributed by atoms with Crippen molar-refractivity contribution in [3.05, 3.63) is 22.7 Å². The molecule has 1 aliphatic rings. The number of nitrogen functional groups attached to an aromatic ring is 1. The van der Waals surface area contributed by atoms with E-state index in [9.17, 15) is 9.59 Å². The highest BCUT2D eigenvalue weighted by molar-refractivity contribution is 6.33. The number of amides is 1. The van der Waals surface area contributed by atoms with Gasteiger partial charge in [-0.15, -0.1) is 0 Å². The molecule has 0 aliphatic carbocycles. The van der Waals surface area contributed by atoms with Crippen molar-refractivity contribution < 1.29 is 19.4 Å². The van der Waals surface area contributed by atoms with Crippen LogP contribution >= 0.6 is 11.6 Å². The lowest BCUT2D eigenvalue weighted by molar-refractivity contribution is -0.137. The van der Waals surface area contributed by atoms with Crippen LogP contribution in [0.3, 0.4) is 0 Å². The SMILES string of the molecule is COc1cc(N)c(Cl)cc1C(=O)NC1CCN(CCCCCC(=O)O)CC1C. The minimum absolute atomic E-state index is 0.0804. The minimum Gasteiger partial charge on any atom is -0.496 e. The molecule has 1 fully saturated rings. The van der Waals surface area contributed by atoms with Crippen LogP contribution < -0.4 is 15.8 Å². The molecule has 156 valence electrons. The normalized spacial score (nSPS) is 20.0. The number of carbonyl (C=O) groups is 2. The number of likely N-dealkylation sites (tertiary alicyclic amines) is 1. The number of ether oxygens (including phenoxy) is 1. The standard InChI is InChI=1S/C20H30ClN3O4/c1-13-12-24(8-5-3-4-6-19(25)26)9-7-17(13)23-20(27)14-10-15(21)16(22)11-18(14)28-2/h10-11,13,17H,3-9,12,22H2,1-2H3,(H,23,27)(H,25,26). The predicted octanol–water partition coefficient (Wildman–Crippen LogP) is 3.02. The molecule has 0 radical (unpaired) electrons. The van der Waals surface area contributed by atoms with E-state index in [0.29, 0.717) is 27.9 Å². The number of aliphatic carboxylic acids is 1. The quantitative estimate of drug-likeness (QED) is 0.426. The number of benzene rings is 1. The lowest BCUT2D eigenvalue weighted by atomic mass is 9.93. The van der Waals surface area contributed by atoms with Crippen LogP contribution in [0.2, 0.25) is 5.02 Å². The van der Waals surface area contributed by atoms with Gasteiger partial charge in [-0.1, -0.05) is 24.9 Å². The third-order valence-electron chi connectivity index (χ3n) is 5.23. The second-order valence-electron chi connectivity index (χ2n) is 7.42. The van der Waals surface area contributed by atoms with Crippen molar-refractivity contribution in [1.29, 1.82) is 0 Å².